The van der Waals surface area contributed by atoms with Gasteiger partial charge in [-0.3, -0.25) is 0 Å². The van der Waals surface area contributed by atoms with Crippen LogP contribution >= 0.6 is 0 Å². The number of anilines is 3. The fourth-order valence-electron chi connectivity index (χ4n) is 1.65. The molecule has 0 spiro atoms. The first-order valence-electron chi connectivity index (χ1n) is 5.68. The number of hydrogen-bond acceptors (Lipinski definition) is 4. The summed E-state index contributed by atoms with van der Waals surface area (Å²) >= 11 is 0. The lowest BCUT2D eigenvalue weighted by atomic mass is 10.2. The van der Waals surface area contributed by atoms with Gasteiger partial charge in [0.1, 0.15) is 17.3 Å². The first-order chi connectivity index (χ1) is 9.13. The number of rotatable bonds is 4. The summed E-state index contributed by atoms with van der Waals surface area (Å²) in [5.74, 6) is 0.834. The van der Waals surface area contributed by atoms with Crippen molar-refractivity contribution < 1.29 is 13.9 Å². The van der Waals surface area contributed by atoms with Crippen LogP contribution in [0.15, 0.2) is 36.4 Å². The quantitative estimate of drug-likeness (QED) is 0.831. The highest BCUT2D eigenvalue weighted by atomic mass is 19.1. The maximum atomic E-state index is 13.7. The number of benzene rings is 2. The summed E-state index contributed by atoms with van der Waals surface area (Å²) in [4.78, 5) is 0. The Kier molecular flexibility index (Phi) is 3.75. The monoisotopic (exact) mass is 262 g/mol. The number of nitrogens with two attached hydrogens (primary N) is 1. The van der Waals surface area contributed by atoms with Crippen LogP contribution in [0, 0.1) is 5.82 Å². The molecule has 0 amide bonds. The minimum atomic E-state index is -0.379. The lowest BCUT2D eigenvalue weighted by Gasteiger charge is -2.12. The Labute approximate surface area is 111 Å². The summed E-state index contributed by atoms with van der Waals surface area (Å²) in [6.07, 6.45) is 0. The molecule has 3 N–H and O–H groups in total. The highest BCUT2D eigenvalue weighted by molar-refractivity contribution is 5.74. The van der Waals surface area contributed by atoms with Crippen molar-refractivity contribution in [2.45, 2.75) is 0 Å². The summed E-state index contributed by atoms with van der Waals surface area (Å²) in [7, 11) is 3.09. The van der Waals surface area contributed by atoms with Crippen LogP contribution in [0.1, 0.15) is 0 Å². The van der Waals surface area contributed by atoms with Crippen LogP contribution in [-0.4, -0.2) is 14.2 Å². The van der Waals surface area contributed by atoms with E-state index in [1.165, 1.54) is 13.2 Å². The summed E-state index contributed by atoms with van der Waals surface area (Å²) in [6, 6.07) is 9.60. The normalized spacial score (nSPS) is 10.1. The predicted octanol–water partition coefficient (Wildman–Crippen LogP) is 3.17. The van der Waals surface area contributed by atoms with Gasteiger partial charge in [0.05, 0.1) is 31.3 Å². The molecule has 0 atom stereocenters. The van der Waals surface area contributed by atoms with Crippen molar-refractivity contribution in [3.05, 3.63) is 42.2 Å². The largest absolute Gasteiger partial charge is 0.497 e. The van der Waals surface area contributed by atoms with Gasteiger partial charge < -0.3 is 20.5 Å². The topological polar surface area (TPSA) is 56.5 Å². The molecule has 2 aromatic carbocycles. The molecule has 0 aliphatic heterocycles. The molecule has 19 heavy (non-hydrogen) atoms. The Balaban J connectivity index is 2.30. The van der Waals surface area contributed by atoms with Crippen LogP contribution in [0.25, 0.3) is 0 Å². The average molecular weight is 262 g/mol. The molecule has 2 rings (SSSR count). The van der Waals surface area contributed by atoms with E-state index in [1.54, 1.807) is 37.4 Å². The van der Waals surface area contributed by atoms with Crippen LogP contribution in [0.3, 0.4) is 0 Å². The van der Waals surface area contributed by atoms with Crippen molar-refractivity contribution in [1.82, 2.24) is 0 Å². The Morgan fingerprint density at radius 2 is 1.58 bits per heavy atom. The van der Waals surface area contributed by atoms with Gasteiger partial charge in [0.15, 0.2) is 0 Å². The second kappa shape index (κ2) is 5.48. The van der Waals surface area contributed by atoms with Crippen molar-refractivity contribution >= 4 is 17.1 Å². The molecule has 0 heterocycles. The van der Waals surface area contributed by atoms with E-state index in [0.717, 1.165) is 0 Å². The van der Waals surface area contributed by atoms with Crippen LogP contribution in [0.4, 0.5) is 21.5 Å². The summed E-state index contributed by atoms with van der Waals surface area (Å²) < 4.78 is 23.8. The molecule has 0 bridgehead atoms. The molecule has 0 aromatic heterocycles. The molecule has 0 aliphatic carbocycles. The molecule has 0 radical (unpaired) electrons. The molecule has 0 unspecified atom stereocenters. The minimum absolute atomic E-state index is 0.302. The molecule has 0 aliphatic rings. The molecule has 5 heteroatoms. The molecular weight excluding hydrogens is 247 g/mol. The smallest absolute Gasteiger partial charge is 0.146 e. The number of halogens is 1. The third kappa shape index (κ3) is 2.88. The lowest BCUT2D eigenvalue weighted by Crippen LogP contribution is -1.99. The summed E-state index contributed by atoms with van der Waals surface area (Å²) in [5, 5.41) is 2.93. The van der Waals surface area contributed by atoms with Crippen molar-refractivity contribution in [3.63, 3.8) is 0 Å². The van der Waals surface area contributed by atoms with Gasteiger partial charge in [0.2, 0.25) is 0 Å². The van der Waals surface area contributed by atoms with Gasteiger partial charge in [-0.15, -0.1) is 0 Å². The highest BCUT2D eigenvalue weighted by Crippen LogP contribution is 2.30. The third-order valence-electron chi connectivity index (χ3n) is 2.70. The number of nitrogens with one attached hydrogen (secondary N) is 1. The average Bonchev–Trinajstić information content (AvgIpc) is 2.43. The minimum Gasteiger partial charge on any atom is -0.497 e. The van der Waals surface area contributed by atoms with Crippen molar-refractivity contribution in [1.29, 1.82) is 0 Å². The Morgan fingerprint density at radius 3 is 2.21 bits per heavy atom. The Morgan fingerprint density at radius 1 is 0.947 bits per heavy atom. The third-order valence-corrected chi connectivity index (χ3v) is 2.70. The first kappa shape index (κ1) is 13.0. The fraction of sp³-hybridized carbons (Fsp3) is 0.143. The van der Waals surface area contributed by atoms with Gasteiger partial charge in [0.25, 0.3) is 0 Å². The first-order valence-corrected chi connectivity index (χ1v) is 5.68. The van der Waals surface area contributed by atoms with E-state index in [0.29, 0.717) is 28.6 Å². The molecule has 0 saturated heterocycles. The van der Waals surface area contributed by atoms with Crippen LogP contribution in [-0.2, 0) is 0 Å². The van der Waals surface area contributed by atoms with Gasteiger partial charge in [-0.25, -0.2) is 4.39 Å². The molecular formula is C14H15FN2O2. The van der Waals surface area contributed by atoms with Crippen LogP contribution < -0.4 is 20.5 Å². The van der Waals surface area contributed by atoms with Gasteiger partial charge in [-0.2, -0.15) is 0 Å². The van der Waals surface area contributed by atoms with E-state index >= 15 is 0 Å². The predicted molar refractivity (Wildman–Crippen MR) is 73.6 cm³/mol. The molecule has 0 fully saturated rings. The molecule has 2 aromatic rings. The zero-order valence-corrected chi connectivity index (χ0v) is 10.7. The van der Waals surface area contributed by atoms with E-state index in [4.69, 9.17) is 15.2 Å². The number of hydrogen-bond donors (Lipinski definition) is 2. The van der Waals surface area contributed by atoms with Gasteiger partial charge in [-0.05, 0) is 24.3 Å². The number of nitrogen functional groups attached to an aromatic ring is 1. The summed E-state index contributed by atoms with van der Waals surface area (Å²) in [5.41, 5.74) is 7.25. The zero-order valence-electron chi connectivity index (χ0n) is 10.7. The molecule has 0 saturated carbocycles. The van der Waals surface area contributed by atoms with Gasteiger partial charge in [-0.1, -0.05) is 0 Å². The SMILES string of the molecule is COc1ccc(Nc2cc(OC)ccc2F)c(N)c1. The van der Waals surface area contributed by atoms with Crippen molar-refractivity contribution in [2.24, 2.45) is 0 Å². The molecule has 4 nitrogen and oxygen atoms in total. The van der Waals surface area contributed by atoms with E-state index in [1.807, 2.05) is 0 Å². The van der Waals surface area contributed by atoms with Gasteiger partial charge >= 0.3 is 0 Å². The van der Waals surface area contributed by atoms with Crippen LogP contribution in [0.5, 0.6) is 11.5 Å². The van der Waals surface area contributed by atoms with Crippen LogP contribution in [0.2, 0.25) is 0 Å². The van der Waals surface area contributed by atoms with Gasteiger partial charge in [0, 0.05) is 12.1 Å². The second-order valence-corrected chi connectivity index (χ2v) is 3.92. The maximum absolute atomic E-state index is 13.7. The van der Waals surface area contributed by atoms with E-state index < -0.39 is 0 Å². The van der Waals surface area contributed by atoms with E-state index in [-0.39, 0.29) is 5.82 Å². The lowest BCUT2D eigenvalue weighted by molar-refractivity contribution is 0.414. The number of methoxy groups -OCH3 is 2. The standard InChI is InChI=1S/C14H15FN2O2/c1-18-9-4-6-13(12(16)7-9)17-14-8-10(19-2)3-5-11(14)15/h3-8,17H,16H2,1-2H3. The van der Waals surface area contributed by atoms with E-state index in [9.17, 15) is 4.39 Å². The van der Waals surface area contributed by atoms with E-state index in [2.05, 4.69) is 5.32 Å². The second-order valence-electron chi connectivity index (χ2n) is 3.92. The Bertz CT molecular complexity index is 588. The van der Waals surface area contributed by atoms with Crippen molar-refractivity contribution in [3.8, 4) is 11.5 Å². The van der Waals surface area contributed by atoms with Crippen molar-refractivity contribution in [2.75, 3.05) is 25.3 Å². The Hall–Kier alpha value is -2.43. The maximum Gasteiger partial charge on any atom is 0.146 e. The molecule has 100 valence electrons. The number of ether oxygens (including phenoxy) is 2. The summed E-state index contributed by atoms with van der Waals surface area (Å²) in [6.45, 7) is 0. The highest BCUT2D eigenvalue weighted by Gasteiger charge is 2.07. The fourth-order valence-corrected chi connectivity index (χ4v) is 1.65. The zero-order chi connectivity index (χ0) is 13.8.